The van der Waals surface area contributed by atoms with E-state index in [-0.39, 0.29) is 18.1 Å². The minimum absolute atomic E-state index is 0.0285. The van der Waals surface area contributed by atoms with Gasteiger partial charge in [-0.3, -0.25) is 0 Å². The number of methoxy groups -OCH3 is 1. The van der Waals surface area contributed by atoms with Gasteiger partial charge in [-0.05, 0) is 74.0 Å². The third-order valence-electron chi connectivity index (χ3n) is 6.84. The number of piperidine rings is 3. The van der Waals surface area contributed by atoms with Crippen LogP contribution in [0.3, 0.4) is 0 Å². The van der Waals surface area contributed by atoms with Gasteiger partial charge in [-0.2, -0.15) is 0 Å². The van der Waals surface area contributed by atoms with Gasteiger partial charge in [0.2, 0.25) is 0 Å². The number of nitrogens with one attached hydrogen (secondary N) is 1. The number of urea groups is 1. The SMILES string of the molecule is C=C(/C=C\C(=C/C)OC)[C@@H]1c2ccccc2CCN1C(=O)N[C@@H]1CN2CCC1CC2. The highest BCUT2D eigenvalue weighted by Gasteiger charge is 2.38. The second-order valence-corrected chi connectivity index (χ2v) is 8.54. The molecule has 1 N–H and O–H groups in total. The Hall–Kier alpha value is -2.53. The summed E-state index contributed by atoms with van der Waals surface area (Å²) < 4.78 is 5.35. The molecular weight excluding hydrogens is 374 g/mol. The van der Waals surface area contributed by atoms with Crippen LogP contribution in [0, 0.1) is 5.92 Å². The summed E-state index contributed by atoms with van der Waals surface area (Å²) in [4.78, 5) is 17.9. The summed E-state index contributed by atoms with van der Waals surface area (Å²) in [6.07, 6.45) is 9.06. The average Bonchev–Trinajstić information content (AvgIpc) is 2.79. The van der Waals surface area contributed by atoms with E-state index in [4.69, 9.17) is 4.74 Å². The predicted molar refractivity (Wildman–Crippen MR) is 120 cm³/mol. The van der Waals surface area contributed by atoms with Gasteiger partial charge in [0.15, 0.2) is 0 Å². The van der Waals surface area contributed by atoms with Crippen LogP contribution in [0.15, 0.2) is 60.4 Å². The van der Waals surface area contributed by atoms with Crippen LogP contribution in [-0.4, -0.2) is 55.2 Å². The number of rotatable bonds is 5. The second kappa shape index (κ2) is 9.09. The summed E-state index contributed by atoms with van der Waals surface area (Å²) in [6, 6.07) is 8.52. The lowest BCUT2D eigenvalue weighted by Gasteiger charge is -2.46. The molecule has 30 heavy (non-hydrogen) atoms. The molecule has 160 valence electrons. The molecule has 5 heteroatoms. The molecule has 3 saturated heterocycles. The third kappa shape index (κ3) is 4.17. The summed E-state index contributed by atoms with van der Waals surface area (Å²) in [5, 5.41) is 3.37. The van der Waals surface area contributed by atoms with E-state index in [1.807, 2.05) is 36.1 Å². The molecule has 4 aliphatic heterocycles. The predicted octanol–water partition coefficient (Wildman–Crippen LogP) is 4.05. The molecule has 0 aromatic heterocycles. The van der Waals surface area contributed by atoms with Crippen molar-refractivity contribution in [3.8, 4) is 0 Å². The number of allylic oxidation sites excluding steroid dienone is 2. The van der Waals surface area contributed by atoms with E-state index in [1.165, 1.54) is 37.1 Å². The minimum Gasteiger partial charge on any atom is -0.497 e. The van der Waals surface area contributed by atoms with Gasteiger partial charge in [-0.25, -0.2) is 4.79 Å². The molecule has 5 rings (SSSR count). The number of hydrogen-bond donors (Lipinski definition) is 1. The van der Waals surface area contributed by atoms with Crippen LogP contribution in [-0.2, 0) is 11.2 Å². The number of ether oxygens (including phenoxy) is 1. The second-order valence-electron chi connectivity index (χ2n) is 8.54. The van der Waals surface area contributed by atoms with Gasteiger partial charge in [0, 0.05) is 19.1 Å². The van der Waals surface area contributed by atoms with Gasteiger partial charge in [0.05, 0.1) is 13.2 Å². The summed E-state index contributed by atoms with van der Waals surface area (Å²) >= 11 is 0. The monoisotopic (exact) mass is 407 g/mol. The molecule has 0 radical (unpaired) electrons. The zero-order chi connectivity index (χ0) is 21.1. The van der Waals surface area contributed by atoms with Gasteiger partial charge in [-0.1, -0.05) is 36.9 Å². The van der Waals surface area contributed by atoms with Crippen LogP contribution < -0.4 is 5.32 Å². The smallest absolute Gasteiger partial charge is 0.318 e. The van der Waals surface area contributed by atoms with Crippen molar-refractivity contribution in [1.82, 2.24) is 15.1 Å². The molecule has 0 unspecified atom stereocenters. The molecule has 1 aromatic rings. The van der Waals surface area contributed by atoms with Crippen molar-refractivity contribution in [3.05, 3.63) is 71.5 Å². The first kappa shape index (κ1) is 20.7. The van der Waals surface area contributed by atoms with Crippen LogP contribution in [0.4, 0.5) is 4.79 Å². The lowest BCUT2D eigenvalue weighted by molar-refractivity contribution is 0.0715. The zero-order valence-corrected chi connectivity index (χ0v) is 18.1. The highest BCUT2D eigenvalue weighted by atomic mass is 16.5. The molecule has 0 spiro atoms. The Labute approximate surface area is 180 Å². The first-order valence-corrected chi connectivity index (χ1v) is 11.0. The Bertz CT molecular complexity index is 852. The fourth-order valence-electron chi connectivity index (χ4n) is 5.12. The maximum Gasteiger partial charge on any atom is 0.318 e. The normalized spacial score (nSPS) is 28.3. The van der Waals surface area contributed by atoms with Crippen molar-refractivity contribution in [2.75, 3.05) is 33.3 Å². The van der Waals surface area contributed by atoms with E-state index in [0.717, 1.165) is 24.3 Å². The zero-order valence-electron chi connectivity index (χ0n) is 18.1. The number of carbonyl (C=O) groups is 1. The van der Waals surface area contributed by atoms with E-state index < -0.39 is 0 Å². The fourth-order valence-corrected chi connectivity index (χ4v) is 5.12. The van der Waals surface area contributed by atoms with Gasteiger partial charge < -0.3 is 19.9 Å². The van der Waals surface area contributed by atoms with Crippen LogP contribution in [0.2, 0.25) is 0 Å². The highest BCUT2D eigenvalue weighted by Crippen LogP contribution is 2.36. The quantitative estimate of drug-likeness (QED) is 0.592. The van der Waals surface area contributed by atoms with Gasteiger partial charge in [0.1, 0.15) is 5.76 Å². The van der Waals surface area contributed by atoms with Crippen molar-refractivity contribution in [3.63, 3.8) is 0 Å². The molecule has 4 aliphatic rings. The molecule has 5 nitrogen and oxygen atoms in total. The van der Waals surface area contributed by atoms with Gasteiger partial charge >= 0.3 is 6.03 Å². The molecular formula is C25H33N3O2. The van der Waals surface area contributed by atoms with E-state index in [1.54, 1.807) is 7.11 Å². The fraction of sp³-hybridized carbons (Fsp3) is 0.480. The molecule has 4 heterocycles. The van der Waals surface area contributed by atoms with Crippen LogP contribution in [0.5, 0.6) is 0 Å². The Balaban J connectivity index is 1.56. The summed E-state index contributed by atoms with van der Waals surface area (Å²) in [5.74, 6) is 1.39. The molecule has 2 atom stereocenters. The first-order chi connectivity index (χ1) is 14.6. The highest BCUT2D eigenvalue weighted by molar-refractivity contribution is 5.76. The number of hydrogen-bond acceptors (Lipinski definition) is 3. The number of nitrogens with zero attached hydrogens (tertiary/aromatic N) is 2. The maximum absolute atomic E-state index is 13.4. The van der Waals surface area contributed by atoms with Crippen LogP contribution in [0.25, 0.3) is 0 Å². The Morgan fingerprint density at radius 1 is 1.20 bits per heavy atom. The molecule has 2 bridgehead atoms. The van der Waals surface area contributed by atoms with Crippen molar-refractivity contribution >= 4 is 6.03 Å². The van der Waals surface area contributed by atoms with Crippen molar-refractivity contribution in [2.45, 2.75) is 38.3 Å². The number of fused-ring (bicyclic) bond motifs is 4. The van der Waals surface area contributed by atoms with Gasteiger partial charge in [0.25, 0.3) is 0 Å². The molecule has 0 aliphatic carbocycles. The van der Waals surface area contributed by atoms with E-state index in [0.29, 0.717) is 12.5 Å². The van der Waals surface area contributed by atoms with Gasteiger partial charge in [-0.15, -0.1) is 0 Å². The Morgan fingerprint density at radius 3 is 2.63 bits per heavy atom. The lowest BCUT2D eigenvalue weighted by atomic mass is 9.84. The summed E-state index contributed by atoms with van der Waals surface area (Å²) in [7, 11) is 1.66. The summed E-state index contributed by atoms with van der Waals surface area (Å²) in [6.45, 7) is 10.3. The topological polar surface area (TPSA) is 44.8 Å². The molecule has 1 aromatic carbocycles. The number of amides is 2. The van der Waals surface area contributed by atoms with Crippen molar-refractivity contribution in [2.24, 2.45) is 5.92 Å². The Morgan fingerprint density at radius 2 is 1.97 bits per heavy atom. The Kier molecular flexibility index (Phi) is 6.28. The maximum atomic E-state index is 13.4. The van der Waals surface area contributed by atoms with Crippen LogP contribution >= 0.6 is 0 Å². The van der Waals surface area contributed by atoms with E-state index >= 15 is 0 Å². The number of benzene rings is 1. The average molecular weight is 408 g/mol. The van der Waals surface area contributed by atoms with Crippen molar-refractivity contribution < 1.29 is 9.53 Å². The molecule has 2 amide bonds. The molecule has 3 fully saturated rings. The third-order valence-corrected chi connectivity index (χ3v) is 6.84. The standard InChI is InChI=1S/C25H33N3O2/c1-4-21(30-3)10-9-18(2)24-22-8-6-5-7-19(22)13-16-28(24)25(29)26-23-17-27-14-11-20(23)12-15-27/h4-10,20,23-24H,2,11-17H2,1,3H3,(H,26,29)/b10-9-,21-4+/t23-,24-/m1/s1. The summed E-state index contributed by atoms with van der Waals surface area (Å²) in [5.41, 5.74) is 3.35. The van der Waals surface area contributed by atoms with E-state index in [9.17, 15) is 4.79 Å². The van der Waals surface area contributed by atoms with Crippen LogP contribution in [0.1, 0.15) is 36.9 Å². The molecule has 0 saturated carbocycles. The van der Waals surface area contributed by atoms with E-state index in [2.05, 4.69) is 35.0 Å². The lowest BCUT2D eigenvalue weighted by Crippen LogP contribution is -2.59. The minimum atomic E-state index is -0.165. The largest absolute Gasteiger partial charge is 0.497 e. The van der Waals surface area contributed by atoms with Crippen molar-refractivity contribution in [1.29, 1.82) is 0 Å². The number of carbonyl (C=O) groups excluding carboxylic acids is 1. The first-order valence-electron chi connectivity index (χ1n) is 11.0.